The van der Waals surface area contributed by atoms with E-state index in [1.54, 1.807) is 18.2 Å². The van der Waals surface area contributed by atoms with Crippen molar-refractivity contribution in [1.29, 1.82) is 0 Å². The molecule has 72 valence electrons. The van der Waals surface area contributed by atoms with Crippen LogP contribution in [-0.4, -0.2) is 11.4 Å². The molecule has 0 fully saturated rings. The van der Waals surface area contributed by atoms with E-state index in [1.807, 2.05) is 0 Å². The molecule has 1 aromatic carbocycles. The summed E-state index contributed by atoms with van der Waals surface area (Å²) in [5, 5.41) is 7.42. The number of hydrogen-bond acceptors (Lipinski definition) is 3. The summed E-state index contributed by atoms with van der Waals surface area (Å²) < 4.78 is 18.2. The monoisotopic (exact) mass is 210 g/mol. The van der Waals surface area contributed by atoms with E-state index in [1.165, 1.54) is 6.07 Å². The molecule has 0 saturated heterocycles. The van der Waals surface area contributed by atoms with E-state index in [0.717, 1.165) is 0 Å². The van der Waals surface area contributed by atoms with E-state index in [4.69, 9.17) is 4.74 Å². The molecule has 0 aromatic heterocycles. The van der Waals surface area contributed by atoms with E-state index in [9.17, 15) is 4.39 Å². The van der Waals surface area contributed by atoms with Crippen LogP contribution in [0.1, 0.15) is 5.56 Å². The Morgan fingerprint density at radius 3 is 2.86 bits per heavy atom. The molecule has 1 atom stereocenters. The fourth-order valence-corrected chi connectivity index (χ4v) is 1.37. The van der Waals surface area contributed by atoms with Crippen molar-refractivity contribution in [3.05, 3.63) is 35.6 Å². The van der Waals surface area contributed by atoms with Crippen LogP contribution < -0.4 is 0 Å². The summed E-state index contributed by atoms with van der Waals surface area (Å²) in [5.74, 6) is -0.260. The highest BCUT2D eigenvalue weighted by Crippen LogP contribution is 2.15. The van der Waals surface area contributed by atoms with Gasteiger partial charge in [-0.1, -0.05) is 18.2 Å². The van der Waals surface area contributed by atoms with Gasteiger partial charge in [0.2, 0.25) is 6.23 Å². The molecule has 1 aliphatic rings. The number of thiocarbonyl (C=S) groups is 1. The van der Waals surface area contributed by atoms with Crippen LogP contribution in [0.5, 0.6) is 0 Å². The summed E-state index contributed by atoms with van der Waals surface area (Å²) in [6, 6.07) is 6.50. The molecular weight excluding hydrogens is 203 g/mol. The normalized spacial score (nSPS) is 19.8. The zero-order valence-corrected chi connectivity index (χ0v) is 8.00. The van der Waals surface area contributed by atoms with Crippen molar-refractivity contribution in [3.63, 3.8) is 0 Å². The maximum absolute atomic E-state index is 13.2. The molecule has 0 spiro atoms. The maximum Gasteiger partial charge on any atom is 0.304 e. The molecule has 1 heterocycles. The maximum atomic E-state index is 13.2. The lowest BCUT2D eigenvalue weighted by atomic mass is 10.1. The quantitative estimate of drug-likeness (QED) is 0.702. The Hall–Kier alpha value is -1.36. The molecule has 0 amide bonds. The van der Waals surface area contributed by atoms with E-state index < -0.39 is 6.23 Å². The highest BCUT2D eigenvalue weighted by molar-refractivity contribution is 7.80. The molecule has 0 saturated carbocycles. The first-order valence-corrected chi connectivity index (χ1v) is 4.51. The van der Waals surface area contributed by atoms with Gasteiger partial charge in [-0.15, -0.1) is 10.2 Å². The Bertz CT molecular complexity index is 394. The zero-order valence-electron chi connectivity index (χ0n) is 7.18. The van der Waals surface area contributed by atoms with Gasteiger partial charge >= 0.3 is 5.17 Å². The molecule has 1 aliphatic heterocycles. The zero-order chi connectivity index (χ0) is 9.97. The van der Waals surface area contributed by atoms with Gasteiger partial charge in [0.05, 0.1) is 0 Å². The van der Waals surface area contributed by atoms with E-state index in [-0.39, 0.29) is 11.0 Å². The van der Waals surface area contributed by atoms with Crippen molar-refractivity contribution in [2.24, 2.45) is 10.2 Å². The van der Waals surface area contributed by atoms with Crippen LogP contribution in [0.2, 0.25) is 0 Å². The van der Waals surface area contributed by atoms with Gasteiger partial charge in [-0.2, -0.15) is 0 Å². The molecule has 5 heteroatoms. The van der Waals surface area contributed by atoms with Gasteiger partial charge in [0.1, 0.15) is 5.82 Å². The van der Waals surface area contributed by atoms with Crippen molar-refractivity contribution in [2.75, 3.05) is 0 Å². The van der Waals surface area contributed by atoms with E-state index in [0.29, 0.717) is 12.0 Å². The van der Waals surface area contributed by atoms with Crippen LogP contribution in [0, 0.1) is 5.82 Å². The predicted octanol–water partition coefficient (Wildman–Crippen LogP) is 2.46. The summed E-state index contributed by atoms with van der Waals surface area (Å²) in [5.41, 5.74) is 0.557. The Morgan fingerprint density at radius 1 is 1.43 bits per heavy atom. The third-order valence-electron chi connectivity index (χ3n) is 1.86. The molecular formula is C9H7FN2OS. The van der Waals surface area contributed by atoms with Gasteiger partial charge < -0.3 is 4.74 Å². The standard InChI is InChI=1S/C9H7FN2OS/c10-7-4-2-1-3-6(7)5-8-11-12-9(14)13-8/h1-4,8H,5H2. The minimum absolute atomic E-state index is 0.117. The number of halogens is 1. The Labute approximate surface area is 85.6 Å². The van der Waals surface area contributed by atoms with Gasteiger partial charge in [-0.05, 0) is 23.8 Å². The van der Waals surface area contributed by atoms with Gasteiger partial charge in [-0.25, -0.2) is 4.39 Å². The van der Waals surface area contributed by atoms with Crippen molar-refractivity contribution in [1.82, 2.24) is 0 Å². The summed E-state index contributed by atoms with van der Waals surface area (Å²) in [6.45, 7) is 0. The molecule has 3 nitrogen and oxygen atoms in total. The average molecular weight is 210 g/mol. The number of hydrogen-bond donors (Lipinski definition) is 0. The molecule has 1 aromatic rings. The number of benzene rings is 1. The van der Waals surface area contributed by atoms with Crippen LogP contribution >= 0.6 is 12.2 Å². The van der Waals surface area contributed by atoms with Crippen molar-refractivity contribution < 1.29 is 9.13 Å². The van der Waals surface area contributed by atoms with E-state index >= 15 is 0 Å². The van der Waals surface area contributed by atoms with E-state index in [2.05, 4.69) is 22.4 Å². The van der Waals surface area contributed by atoms with Crippen LogP contribution in [0.4, 0.5) is 4.39 Å². The average Bonchev–Trinajstić information content (AvgIpc) is 2.56. The largest absolute Gasteiger partial charge is 0.440 e. The van der Waals surface area contributed by atoms with Crippen molar-refractivity contribution in [3.8, 4) is 0 Å². The molecule has 0 radical (unpaired) electrons. The molecule has 0 N–H and O–H groups in total. The summed E-state index contributed by atoms with van der Waals surface area (Å²) in [4.78, 5) is 0. The second-order valence-corrected chi connectivity index (χ2v) is 3.20. The minimum Gasteiger partial charge on any atom is -0.440 e. The van der Waals surface area contributed by atoms with Gasteiger partial charge in [-0.3, -0.25) is 0 Å². The lowest BCUT2D eigenvalue weighted by Crippen LogP contribution is -2.10. The number of ether oxygens (including phenoxy) is 1. The molecule has 14 heavy (non-hydrogen) atoms. The number of rotatable bonds is 2. The molecule has 1 unspecified atom stereocenters. The summed E-state index contributed by atoms with van der Waals surface area (Å²) in [7, 11) is 0. The fourth-order valence-electron chi connectivity index (χ4n) is 1.21. The highest BCUT2D eigenvalue weighted by Gasteiger charge is 2.18. The lowest BCUT2D eigenvalue weighted by molar-refractivity contribution is 0.220. The summed E-state index contributed by atoms with van der Waals surface area (Å²) >= 11 is 4.67. The van der Waals surface area contributed by atoms with Crippen molar-refractivity contribution >= 4 is 17.4 Å². The SMILES string of the molecule is Fc1ccccc1CC1N=NC(=S)O1. The Kier molecular flexibility index (Phi) is 2.49. The first kappa shape index (κ1) is 9.21. The topological polar surface area (TPSA) is 34.0 Å². The van der Waals surface area contributed by atoms with Crippen LogP contribution in [0.3, 0.4) is 0 Å². The summed E-state index contributed by atoms with van der Waals surface area (Å²) in [6.07, 6.45) is -0.115. The Morgan fingerprint density at radius 2 is 2.21 bits per heavy atom. The van der Waals surface area contributed by atoms with Gasteiger partial charge in [0, 0.05) is 6.42 Å². The molecule has 0 bridgehead atoms. The second-order valence-electron chi connectivity index (χ2n) is 2.85. The smallest absolute Gasteiger partial charge is 0.304 e. The van der Waals surface area contributed by atoms with Crippen LogP contribution in [-0.2, 0) is 11.2 Å². The first-order valence-electron chi connectivity index (χ1n) is 4.10. The first-order chi connectivity index (χ1) is 6.75. The highest BCUT2D eigenvalue weighted by atomic mass is 32.1. The van der Waals surface area contributed by atoms with Crippen LogP contribution in [0.25, 0.3) is 0 Å². The predicted molar refractivity (Wildman–Crippen MR) is 52.4 cm³/mol. The third-order valence-corrected chi connectivity index (χ3v) is 2.04. The lowest BCUT2D eigenvalue weighted by Gasteiger charge is -2.06. The minimum atomic E-state index is -0.473. The number of nitrogens with zero attached hydrogens (tertiary/aromatic N) is 2. The fraction of sp³-hybridized carbons (Fsp3) is 0.222. The van der Waals surface area contributed by atoms with Gasteiger partial charge in [0.25, 0.3) is 0 Å². The van der Waals surface area contributed by atoms with Crippen LogP contribution in [0.15, 0.2) is 34.5 Å². The molecule has 2 rings (SSSR count). The van der Waals surface area contributed by atoms with Gasteiger partial charge in [0.15, 0.2) is 0 Å². The molecule has 0 aliphatic carbocycles. The van der Waals surface area contributed by atoms with Crippen molar-refractivity contribution in [2.45, 2.75) is 12.6 Å². The number of azo groups is 1. The Balaban J connectivity index is 2.08. The second kappa shape index (κ2) is 3.79. The third kappa shape index (κ3) is 1.93.